The van der Waals surface area contributed by atoms with E-state index in [-0.39, 0.29) is 6.10 Å². The molecule has 0 aliphatic carbocycles. The summed E-state index contributed by atoms with van der Waals surface area (Å²) in [7, 11) is 1.69. The molecule has 1 N–H and O–H groups in total. The predicted molar refractivity (Wildman–Crippen MR) is 79.7 cm³/mol. The van der Waals surface area contributed by atoms with Crippen molar-refractivity contribution in [3.63, 3.8) is 0 Å². The lowest BCUT2D eigenvalue weighted by atomic mass is 10.1. The molecule has 0 fully saturated rings. The first-order valence-electron chi connectivity index (χ1n) is 7.13. The zero-order valence-corrected chi connectivity index (χ0v) is 12.6. The van der Waals surface area contributed by atoms with E-state index in [1.807, 2.05) is 12.1 Å². The van der Waals surface area contributed by atoms with Gasteiger partial charge in [-0.05, 0) is 36.6 Å². The van der Waals surface area contributed by atoms with E-state index in [0.717, 1.165) is 31.9 Å². The predicted octanol–water partition coefficient (Wildman–Crippen LogP) is 3.41. The molecule has 1 unspecified atom stereocenters. The molecule has 0 bridgehead atoms. The monoisotopic (exact) mass is 265 g/mol. The van der Waals surface area contributed by atoms with Crippen LogP contribution in [0, 0.1) is 5.92 Å². The van der Waals surface area contributed by atoms with Crippen LogP contribution in [0.2, 0.25) is 0 Å². The Morgan fingerprint density at radius 1 is 1.26 bits per heavy atom. The van der Waals surface area contributed by atoms with Crippen molar-refractivity contribution in [3.05, 3.63) is 29.8 Å². The molecule has 1 aromatic rings. The summed E-state index contributed by atoms with van der Waals surface area (Å²) >= 11 is 0. The van der Waals surface area contributed by atoms with Crippen molar-refractivity contribution in [2.45, 2.75) is 33.3 Å². The number of methoxy groups -OCH3 is 1. The topological polar surface area (TPSA) is 30.5 Å². The summed E-state index contributed by atoms with van der Waals surface area (Å²) < 4.78 is 11.3. The van der Waals surface area contributed by atoms with Gasteiger partial charge >= 0.3 is 0 Å². The van der Waals surface area contributed by atoms with Crippen molar-refractivity contribution in [1.29, 1.82) is 0 Å². The van der Waals surface area contributed by atoms with Crippen LogP contribution in [-0.4, -0.2) is 26.8 Å². The molecule has 1 rings (SSSR count). The number of ether oxygens (including phenoxy) is 2. The van der Waals surface area contributed by atoms with E-state index >= 15 is 0 Å². The first-order valence-corrected chi connectivity index (χ1v) is 7.13. The van der Waals surface area contributed by atoms with Crippen LogP contribution < -0.4 is 10.1 Å². The van der Waals surface area contributed by atoms with Crippen molar-refractivity contribution in [3.8, 4) is 5.75 Å². The van der Waals surface area contributed by atoms with Gasteiger partial charge in [-0.2, -0.15) is 0 Å². The van der Waals surface area contributed by atoms with Crippen molar-refractivity contribution in [2.75, 3.05) is 26.8 Å². The Kier molecular flexibility index (Phi) is 7.53. The largest absolute Gasteiger partial charge is 0.497 e. The van der Waals surface area contributed by atoms with Gasteiger partial charge in [0.1, 0.15) is 5.75 Å². The quantitative estimate of drug-likeness (QED) is 0.694. The highest BCUT2D eigenvalue weighted by molar-refractivity contribution is 5.30. The van der Waals surface area contributed by atoms with E-state index in [4.69, 9.17) is 9.47 Å². The van der Waals surface area contributed by atoms with Crippen LogP contribution in [0.1, 0.15) is 38.9 Å². The zero-order valence-electron chi connectivity index (χ0n) is 12.6. The second-order valence-corrected chi connectivity index (χ2v) is 5.20. The first-order chi connectivity index (χ1) is 9.17. The van der Waals surface area contributed by atoms with E-state index in [1.54, 1.807) is 7.11 Å². The number of hydrogen-bond acceptors (Lipinski definition) is 3. The maximum atomic E-state index is 6.02. The second kappa shape index (κ2) is 8.94. The highest BCUT2D eigenvalue weighted by Crippen LogP contribution is 2.22. The zero-order chi connectivity index (χ0) is 14.1. The maximum absolute atomic E-state index is 6.02. The van der Waals surface area contributed by atoms with Crippen LogP contribution >= 0.6 is 0 Å². The average molecular weight is 265 g/mol. The summed E-state index contributed by atoms with van der Waals surface area (Å²) in [5.41, 5.74) is 1.17. The maximum Gasteiger partial charge on any atom is 0.119 e. The second-order valence-electron chi connectivity index (χ2n) is 5.20. The molecule has 3 heteroatoms. The lowest BCUT2D eigenvalue weighted by Gasteiger charge is -2.20. The van der Waals surface area contributed by atoms with E-state index < -0.39 is 0 Å². The molecule has 0 radical (unpaired) electrons. The van der Waals surface area contributed by atoms with Gasteiger partial charge < -0.3 is 14.8 Å². The van der Waals surface area contributed by atoms with E-state index in [9.17, 15) is 0 Å². The van der Waals surface area contributed by atoms with Crippen LogP contribution in [0.25, 0.3) is 0 Å². The van der Waals surface area contributed by atoms with Crippen LogP contribution in [0.4, 0.5) is 0 Å². The number of nitrogens with one attached hydrogen (secondary N) is 1. The Bertz CT molecular complexity index is 352. The molecular formula is C16H27NO2. The molecule has 0 amide bonds. The molecule has 0 heterocycles. The van der Waals surface area contributed by atoms with Gasteiger partial charge in [-0.25, -0.2) is 0 Å². The van der Waals surface area contributed by atoms with Crippen LogP contribution in [0.3, 0.4) is 0 Å². The molecule has 0 aromatic heterocycles. The van der Waals surface area contributed by atoms with Crippen molar-refractivity contribution < 1.29 is 9.47 Å². The van der Waals surface area contributed by atoms with Gasteiger partial charge in [0.05, 0.1) is 13.2 Å². The molecule has 0 aliphatic heterocycles. The Morgan fingerprint density at radius 3 is 2.68 bits per heavy atom. The molecule has 0 aliphatic rings. The Balaban J connectivity index is 2.69. The Morgan fingerprint density at radius 2 is 2.05 bits per heavy atom. The minimum Gasteiger partial charge on any atom is -0.497 e. The number of rotatable bonds is 9. The van der Waals surface area contributed by atoms with Gasteiger partial charge in [-0.1, -0.05) is 32.9 Å². The fraction of sp³-hybridized carbons (Fsp3) is 0.625. The SMILES string of the molecule is CCCNCC(OCC(C)C)c1cccc(OC)c1. The first kappa shape index (κ1) is 16.0. The smallest absolute Gasteiger partial charge is 0.119 e. The van der Waals surface area contributed by atoms with Gasteiger partial charge in [0.2, 0.25) is 0 Å². The van der Waals surface area contributed by atoms with Crippen molar-refractivity contribution in [2.24, 2.45) is 5.92 Å². The molecule has 1 atom stereocenters. The molecule has 0 saturated carbocycles. The van der Waals surface area contributed by atoms with Crippen molar-refractivity contribution >= 4 is 0 Å². The summed E-state index contributed by atoms with van der Waals surface area (Å²) in [6, 6.07) is 8.13. The minimum atomic E-state index is 0.0871. The molecular weight excluding hydrogens is 238 g/mol. The normalized spacial score (nSPS) is 12.7. The van der Waals surface area contributed by atoms with E-state index in [0.29, 0.717) is 5.92 Å². The standard InChI is InChI=1S/C16H27NO2/c1-5-9-17-11-16(19-12-13(2)3)14-7-6-8-15(10-14)18-4/h6-8,10,13,16-17H,5,9,11-12H2,1-4H3. The van der Waals surface area contributed by atoms with Crippen LogP contribution in [0.5, 0.6) is 5.75 Å². The third kappa shape index (κ3) is 6.08. The molecule has 3 nitrogen and oxygen atoms in total. The Labute approximate surface area is 117 Å². The summed E-state index contributed by atoms with van der Waals surface area (Å²) in [6.07, 6.45) is 1.22. The highest BCUT2D eigenvalue weighted by Gasteiger charge is 2.13. The van der Waals surface area contributed by atoms with Gasteiger partial charge in [-0.3, -0.25) is 0 Å². The fourth-order valence-corrected chi connectivity index (χ4v) is 1.83. The van der Waals surface area contributed by atoms with Gasteiger partial charge in [-0.15, -0.1) is 0 Å². The van der Waals surface area contributed by atoms with Crippen molar-refractivity contribution in [1.82, 2.24) is 5.32 Å². The third-order valence-corrected chi connectivity index (χ3v) is 2.85. The molecule has 0 spiro atoms. The van der Waals surface area contributed by atoms with E-state index in [1.165, 1.54) is 5.56 Å². The fourth-order valence-electron chi connectivity index (χ4n) is 1.83. The van der Waals surface area contributed by atoms with E-state index in [2.05, 4.69) is 38.2 Å². The molecule has 19 heavy (non-hydrogen) atoms. The van der Waals surface area contributed by atoms with Gasteiger partial charge in [0, 0.05) is 13.2 Å². The summed E-state index contributed by atoms with van der Waals surface area (Å²) in [5.74, 6) is 1.42. The number of benzene rings is 1. The summed E-state index contributed by atoms with van der Waals surface area (Å²) in [6.45, 7) is 9.14. The molecule has 0 saturated heterocycles. The molecule has 1 aromatic carbocycles. The average Bonchev–Trinajstić information content (AvgIpc) is 2.42. The highest BCUT2D eigenvalue weighted by atomic mass is 16.5. The summed E-state index contributed by atoms with van der Waals surface area (Å²) in [4.78, 5) is 0. The minimum absolute atomic E-state index is 0.0871. The summed E-state index contributed by atoms with van der Waals surface area (Å²) in [5, 5.41) is 3.43. The number of hydrogen-bond donors (Lipinski definition) is 1. The molecule has 108 valence electrons. The van der Waals surface area contributed by atoms with Gasteiger partial charge in [0.25, 0.3) is 0 Å². The Hall–Kier alpha value is -1.06. The van der Waals surface area contributed by atoms with Crippen LogP contribution in [0.15, 0.2) is 24.3 Å². The lowest BCUT2D eigenvalue weighted by Crippen LogP contribution is -2.25. The third-order valence-electron chi connectivity index (χ3n) is 2.85. The lowest BCUT2D eigenvalue weighted by molar-refractivity contribution is 0.0351. The van der Waals surface area contributed by atoms with Crippen LogP contribution in [-0.2, 0) is 4.74 Å². The van der Waals surface area contributed by atoms with Gasteiger partial charge in [0.15, 0.2) is 0 Å².